The Morgan fingerprint density at radius 1 is 1.27 bits per heavy atom. The number of nitriles is 1. The van der Waals surface area contributed by atoms with E-state index in [2.05, 4.69) is 14.9 Å². The lowest BCUT2D eigenvalue weighted by Gasteiger charge is -2.15. The summed E-state index contributed by atoms with van der Waals surface area (Å²) in [4.78, 5) is 16.8. The Kier molecular flexibility index (Phi) is 5.18. The van der Waals surface area contributed by atoms with Gasteiger partial charge in [-0.2, -0.15) is 5.26 Å². The van der Waals surface area contributed by atoms with Crippen LogP contribution < -0.4 is 10.1 Å². The first-order valence-corrected chi connectivity index (χ1v) is 8.45. The minimum absolute atomic E-state index is 0.184. The third-order valence-corrected chi connectivity index (χ3v) is 4.15. The summed E-state index contributed by atoms with van der Waals surface area (Å²) in [5.41, 5.74) is 2.56. The van der Waals surface area contributed by atoms with Gasteiger partial charge in [-0.25, -0.2) is 4.98 Å². The van der Waals surface area contributed by atoms with Gasteiger partial charge >= 0.3 is 0 Å². The highest BCUT2D eigenvalue weighted by Gasteiger charge is 2.14. The van der Waals surface area contributed by atoms with E-state index in [1.807, 2.05) is 37.3 Å². The monoisotopic (exact) mass is 348 g/mol. The van der Waals surface area contributed by atoms with Crippen molar-refractivity contribution < 1.29 is 9.53 Å². The summed E-state index contributed by atoms with van der Waals surface area (Å²) in [6, 6.07) is 16.7. The van der Waals surface area contributed by atoms with Crippen molar-refractivity contribution in [3.05, 3.63) is 59.9 Å². The van der Waals surface area contributed by atoms with E-state index in [1.165, 1.54) is 0 Å². The molecule has 0 aliphatic carbocycles. The number of para-hydroxylation sites is 2. The highest BCUT2D eigenvalue weighted by Crippen LogP contribution is 2.15. The lowest BCUT2D eigenvalue weighted by atomic mass is 10.2. The molecule has 1 amide bonds. The van der Waals surface area contributed by atoms with Gasteiger partial charge in [0.1, 0.15) is 11.6 Å². The second kappa shape index (κ2) is 7.70. The van der Waals surface area contributed by atoms with Gasteiger partial charge in [0.25, 0.3) is 5.91 Å². The van der Waals surface area contributed by atoms with Crippen molar-refractivity contribution in [3.8, 4) is 11.8 Å². The van der Waals surface area contributed by atoms with Crippen molar-refractivity contribution in [2.24, 2.45) is 0 Å². The quantitative estimate of drug-likeness (QED) is 0.743. The van der Waals surface area contributed by atoms with Gasteiger partial charge in [-0.1, -0.05) is 12.1 Å². The number of imidazole rings is 1. The third kappa shape index (κ3) is 3.83. The fourth-order valence-corrected chi connectivity index (χ4v) is 2.78. The first-order valence-electron chi connectivity index (χ1n) is 8.45. The topological polar surface area (TPSA) is 79.9 Å². The number of amides is 1. The second-order valence-corrected chi connectivity index (χ2v) is 5.99. The number of aromatic nitrogens is 2. The Bertz CT molecular complexity index is 954. The Morgan fingerprint density at radius 3 is 2.73 bits per heavy atom. The molecule has 1 atom stereocenters. The molecule has 0 aliphatic heterocycles. The van der Waals surface area contributed by atoms with Gasteiger partial charge in [0, 0.05) is 13.1 Å². The van der Waals surface area contributed by atoms with E-state index in [1.54, 1.807) is 31.2 Å². The van der Waals surface area contributed by atoms with Crippen LogP contribution in [0.1, 0.15) is 18.3 Å². The molecule has 0 bridgehead atoms. The predicted molar refractivity (Wildman–Crippen MR) is 98.7 cm³/mol. The Balaban J connectivity index is 1.54. The van der Waals surface area contributed by atoms with Crippen LogP contribution in [0.4, 0.5) is 0 Å². The van der Waals surface area contributed by atoms with Crippen molar-refractivity contribution >= 4 is 16.9 Å². The molecular weight excluding hydrogens is 328 g/mol. The SMILES string of the molecule is Cc1nc2ccccc2n1CCNC(=O)C(C)Oc1ccc(C#N)cc1. The highest BCUT2D eigenvalue weighted by atomic mass is 16.5. The van der Waals surface area contributed by atoms with Gasteiger partial charge in [-0.3, -0.25) is 4.79 Å². The van der Waals surface area contributed by atoms with Crippen molar-refractivity contribution in [2.75, 3.05) is 6.54 Å². The van der Waals surface area contributed by atoms with E-state index in [-0.39, 0.29) is 5.91 Å². The molecule has 0 fully saturated rings. The van der Waals surface area contributed by atoms with Crippen molar-refractivity contribution in [1.29, 1.82) is 5.26 Å². The molecule has 2 aromatic carbocycles. The summed E-state index contributed by atoms with van der Waals surface area (Å²) in [6.45, 7) is 4.78. The van der Waals surface area contributed by atoms with Gasteiger partial charge in [0.15, 0.2) is 6.10 Å². The summed E-state index contributed by atoms with van der Waals surface area (Å²) in [6.07, 6.45) is -0.622. The zero-order chi connectivity index (χ0) is 18.5. The smallest absolute Gasteiger partial charge is 0.260 e. The number of benzene rings is 2. The van der Waals surface area contributed by atoms with E-state index in [4.69, 9.17) is 10.00 Å². The fraction of sp³-hybridized carbons (Fsp3) is 0.250. The number of hydrogen-bond acceptors (Lipinski definition) is 4. The van der Waals surface area contributed by atoms with Gasteiger partial charge in [0.05, 0.1) is 22.7 Å². The van der Waals surface area contributed by atoms with E-state index in [0.29, 0.717) is 24.4 Å². The fourth-order valence-electron chi connectivity index (χ4n) is 2.78. The molecule has 3 rings (SSSR count). The molecule has 1 heterocycles. The lowest BCUT2D eigenvalue weighted by Crippen LogP contribution is -2.38. The predicted octanol–water partition coefficient (Wildman–Crippen LogP) is 2.80. The van der Waals surface area contributed by atoms with Crippen LogP contribution in [0, 0.1) is 18.3 Å². The van der Waals surface area contributed by atoms with Crippen LogP contribution >= 0.6 is 0 Å². The minimum atomic E-state index is -0.622. The van der Waals surface area contributed by atoms with Crippen LogP contribution in [0.2, 0.25) is 0 Å². The maximum atomic E-state index is 12.2. The normalized spacial score (nSPS) is 11.7. The average Bonchev–Trinajstić information content (AvgIpc) is 2.97. The molecule has 3 aromatic rings. The number of rotatable bonds is 6. The zero-order valence-corrected chi connectivity index (χ0v) is 14.8. The molecular formula is C20H20N4O2. The summed E-state index contributed by atoms with van der Waals surface area (Å²) < 4.78 is 7.70. The Morgan fingerprint density at radius 2 is 2.00 bits per heavy atom. The van der Waals surface area contributed by atoms with Gasteiger partial charge in [0.2, 0.25) is 0 Å². The Labute approximate surface area is 152 Å². The minimum Gasteiger partial charge on any atom is -0.481 e. The standard InChI is InChI=1S/C20H20N4O2/c1-14(26-17-9-7-16(13-21)8-10-17)20(25)22-11-12-24-15(2)23-18-5-3-4-6-19(18)24/h3-10,14H,11-12H2,1-2H3,(H,22,25). The van der Waals surface area contributed by atoms with Crippen molar-refractivity contribution in [1.82, 2.24) is 14.9 Å². The summed E-state index contributed by atoms with van der Waals surface area (Å²) >= 11 is 0. The van der Waals surface area contributed by atoms with Crippen LogP contribution in [0.15, 0.2) is 48.5 Å². The first kappa shape index (κ1) is 17.5. The molecule has 1 unspecified atom stereocenters. The number of carbonyl (C=O) groups is 1. The number of nitrogens with zero attached hydrogens (tertiary/aromatic N) is 3. The number of nitrogens with one attached hydrogen (secondary N) is 1. The molecule has 0 saturated carbocycles. The van der Waals surface area contributed by atoms with Crippen LogP contribution in [-0.2, 0) is 11.3 Å². The zero-order valence-electron chi connectivity index (χ0n) is 14.8. The van der Waals surface area contributed by atoms with E-state index in [0.717, 1.165) is 16.9 Å². The largest absolute Gasteiger partial charge is 0.481 e. The molecule has 1 aromatic heterocycles. The number of aryl methyl sites for hydroxylation is 1. The summed E-state index contributed by atoms with van der Waals surface area (Å²) in [5, 5.41) is 11.7. The Hall–Kier alpha value is -3.33. The van der Waals surface area contributed by atoms with Crippen molar-refractivity contribution in [3.63, 3.8) is 0 Å². The van der Waals surface area contributed by atoms with Gasteiger partial charge in [-0.15, -0.1) is 0 Å². The van der Waals surface area contributed by atoms with Crippen molar-refractivity contribution in [2.45, 2.75) is 26.5 Å². The van der Waals surface area contributed by atoms with Crippen LogP contribution in [-0.4, -0.2) is 28.1 Å². The summed E-state index contributed by atoms with van der Waals surface area (Å²) in [7, 11) is 0. The molecule has 6 heteroatoms. The van der Waals surface area contributed by atoms with Crippen LogP contribution in [0.5, 0.6) is 5.75 Å². The van der Waals surface area contributed by atoms with Gasteiger partial charge < -0.3 is 14.6 Å². The summed E-state index contributed by atoms with van der Waals surface area (Å²) in [5.74, 6) is 1.29. The maximum absolute atomic E-state index is 12.2. The van der Waals surface area contributed by atoms with E-state index >= 15 is 0 Å². The number of hydrogen-bond donors (Lipinski definition) is 1. The number of carbonyl (C=O) groups excluding carboxylic acids is 1. The molecule has 1 N–H and O–H groups in total. The lowest BCUT2D eigenvalue weighted by molar-refractivity contribution is -0.127. The average molecular weight is 348 g/mol. The third-order valence-electron chi connectivity index (χ3n) is 4.15. The van der Waals surface area contributed by atoms with Crippen LogP contribution in [0.25, 0.3) is 11.0 Å². The first-order chi connectivity index (χ1) is 12.6. The molecule has 0 spiro atoms. The molecule has 0 radical (unpaired) electrons. The second-order valence-electron chi connectivity index (χ2n) is 5.99. The highest BCUT2D eigenvalue weighted by molar-refractivity contribution is 5.80. The molecule has 0 aliphatic rings. The number of fused-ring (bicyclic) bond motifs is 1. The number of ether oxygens (including phenoxy) is 1. The molecule has 26 heavy (non-hydrogen) atoms. The van der Waals surface area contributed by atoms with E-state index in [9.17, 15) is 4.79 Å². The molecule has 0 saturated heterocycles. The molecule has 132 valence electrons. The molecule has 6 nitrogen and oxygen atoms in total. The maximum Gasteiger partial charge on any atom is 0.260 e. The van der Waals surface area contributed by atoms with E-state index < -0.39 is 6.10 Å². The van der Waals surface area contributed by atoms with Crippen LogP contribution in [0.3, 0.4) is 0 Å². The van der Waals surface area contributed by atoms with Gasteiger partial charge in [-0.05, 0) is 50.2 Å².